The largest absolute Gasteiger partial charge is 0.394 e. The molecule has 1 fully saturated rings. The van der Waals surface area contributed by atoms with Crippen LogP contribution in [0, 0.1) is 0 Å². The third-order valence-electron chi connectivity index (χ3n) is 3.92. The number of aliphatic hydroxyl groups excluding tert-OH is 1. The topological polar surface area (TPSA) is 57.6 Å². The predicted molar refractivity (Wildman–Crippen MR) is 65.6 cm³/mol. The van der Waals surface area contributed by atoms with E-state index in [1.54, 1.807) is 18.2 Å². The van der Waals surface area contributed by atoms with Crippen LogP contribution in [-0.4, -0.2) is 34.0 Å². The molecule has 0 radical (unpaired) electrons. The molecule has 94 valence electrons. The Labute approximate surface area is 109 Å². The zero-order chi connectivity index (χ0) is 12.9. The zero-order valence-corrected chi connectivity index (χ0v) is 10.4. The van der Waals surface area contributed by atoms with Crippen LogP contribution in [0.4, 0.5) is 0 Å². The maximum atomic E-state index is 12.3. The number of hydrogen-bond acceptors (Lipinski definition) is 3. The van der Waals surface area contributed by atoms with Crippen molar-refractivity contribution in [1.29, 1.82) is 0 Å². The molecule has 0 unspecified atom stereocenters. The average Bonchev–Trinajstić information content (AvgIpc) is 2.55. The quantitative estimate of drug-likeness (QED) is 0.831. The van der Waals surface area contributed by atoms with Gasteiger partial charge in [0.25, 0.3) is 11.8 Å². The summed E-state index contributed by atoms with van der Waals surface area (Å²) in [5.41, 5.74) is -0.104. The predicted octanol–water partition coefficient (Wildman–Crippen LogP) is 1.85. The first-order chi connectivity index (χ1) is 8.60. The van der Waals surface area contributed by atoms with Crippen molar-refractivity contribution in [3.05, 3.63) is 34.3 Å². The second-order valence-electron chi connectivity index (χ2n) is 4.84. The van der Waals surface area contributed by atoms with Gasteiger partial charge in [0.15, 0.2) is 0 Å². The smallest absolute Gasteiger partial charge is 0.263 e. The van der Waals surface area contributed by atoms with Crippen LogP contribution in [0.2, 0.25) is 5.02 Å². The first-order valence-electron chi connectivity index (χ1n) is 5.89. The Morgan fingerprint density at radius 2 is 2.00 bits per heavy atom. The fourth-order valence-corrected chi connectivity index (χ4v) is 2.97. The molecule has 18 heavy (non-hydrogen) atoms. The number of rotatable bonds is 2. The van der Waals surface area contributed by atoms with Crippen LogP contribution in [0.1, 0.15) is 40.0 Å². The second kappa shape index (κ2) is 3.80. The lowest BCUT2D eigenvalue weighted by atomic mass is 9.76. The van der Waals surface area contributed by atoms with Crippen LogP contribution in [0.3, 0.4) is 0 Å². The lowest BCUT2D eigenvalue weighted by molar-refractivity contribution is -0.00642. The van der Waals surface area contributed by atoms with Crippen molar-refractivity contribution in [1.82, 2.24) is 4.90 Å². The molecule has 0 bridgehead atoms. The molecule has 1 aromatic rings. The van der Waals surface area contributed by atoms with Crippen molar-refractivity contribution in [2.45, 2.75) is 24.8 Å². The van der Waals surface area contributed by atoms with E-state index >= 15 is 0 Å². The van der Waals surface area contributed by atoms with Gasteiger partial charge in [0.1, 0.15) is 0 Å². The Morgan fingerprint density at radius 3 is 2.50 bits per heavy atom. The summed E-state index contributed by atoms with van der Waals surface area (Å²) in [5.74, 6) is -0.722. The summed E-state index contributed by atoms with van der Waals surface area (Å²) < 4.78 is 0. The van der Waals surface area contributed by atoms with E-state index in [1.807, 2.05) is 0 Å². The molecule has 1 aromatic carbocycles. The Bertz CT molecular complexity index is 546. The Kier molecular flexibility index (Phi) is 2.47. The van der Waals surface area contributed by atoms with Gasteiger partial charge in [-0.2, -0.15) is 0 Å². The summed E-state index contributed by atoms with van der Waals surface area (Å²) in [6.45, 7) is -0.184. The molecule has 4 nitrogen and oxygen atoms in total. The minimum absolute atomic E-state index is 0.184. The van der Waals surface area contributed by atoms with Gasteiger partial charge < -0.3 is 5.11 Å². The van der Waals surface area contributed by atoms with Crippen LogP contribution in [0.15, 0.2) is 18.2 Å². The third-order valence-corrected chi connectivity index (χ3v) is 4.23. The fourth-order valence-electron chi connectivity index (χ4n) is 2.71. The normalized spacial score (nSPS) is 20.9. The molecule has 1 aliphatic heterocycles. The van der Waals surface area contributed by atoms with Gasteiger partial charge in [-0.25, -0.2) is 0 Å². The van der Waals surface area contributed by atoms with E-state index in [1.165, 1.54) is 4.90 Å². The number of benzene rings is 1. The van der Waals surface area contributed by atoms with Gasteiger partial charge in [-0.15, -0.1) is 0 Å². The Morgan fingerprint density at radius 1 is 1.28 bits per heavy atom. The molecule has 5 heteroatoms. The van der Waals surface area contributed by atoms with Gasteiger partial charge in [-0.3, -0.25) is 14.5 Å². The number of halogens is 1. The van der Waals surface area contributed by atoms with Crippen molar-refractivity contribution < 1.29 is 14.7 Å². The van der Waals surface area contributed by atoms with Crippen LogP contribution < -0.4 is 0 Å². The Hall–Kier alpha value is -1.39. The highest BCUT2D eigenvalue weighted by Gasteiger charge is 2.52. The highest BCUT2D eigenvalue weighted by molar-refractivity contribution is 6.37. The van der Waals surface area contributed by atoms with E-state index in [0.29, 0.717) is 23.4 Å². The van der Waals surface area contributed by atoms with Gasteiger partial charge in [0, 0.05) is 0 Å². The first-order valence-corrected chi connectivity index (χ1v) is 6.27. The number of aliphatic hydroxyl groups is 1. The van der Waals surface area contributed by atoms with E-state index in [0.717, 1.165) is 6.42 Å². The number of hydrogen-bond donors (Lipinski definition) is 1. The zero-order valence-electron chi connectivity index (χ0n) is 9.65. The average molecular weight is 266 g/mol. The van der Waals surface area contributed by atoms with E-state index in [4.69, 9.17) is 11.6 Å². The van der Waals surface area contributed by atoms with Gasteiger partial charge in [0.05, 0.1) is 28.3 Å². The minimum atomic E-state index is -0.712. The monoisotopic (exact) mass is 265 g/mol. The number of carbonyl (C=O) groups is 2. The number of imide groups is 1. The van der Waals surface area contributed by atoms with Gasteiger partial charge in [-0.1, -0.05) is 17.7 Å². The van der Waals surface area contributed by atoms with Gasteiger partial charge >= 0.3 is 0 Å². The van der Waals surface area contributed by atoms with Gasteiger partial charge in [-0.05, 0) is 31.4 Å². The molecular formula is C13H12ClNO3. The van der Waals surface area contributed by atoms with Crippen molar-refractivity contribution in [2.75, 3.05) is 6.61 Å². The molecule has 0 spiro atoms. The van der Waals surface area contributed by atoms with Crippen LogP contribution in [0.5, 0.6) is 0 Å². The minimum Gasteiger partial charge on any atom is -0.394 e. The van der Waals surface area contributed by atoms with Crippen LogP contribution in [0.25, 0.3) is 0 Å². The first kappa shape index (κ1) is 11.7. The maximum Gasteiger partial charge on any atom is 0.263 e. The van der Waals surface area contributed by atoms with Crippen LogP contribution in [-0.2, 0) is 0 Å². The maximum absolute atomic E-state index is 12.3. The van der Waals surface area contributed by atoms with Crippen molar-refractivity contribution >= 4 is 23.4 Å². The third kappa shape index (κ3) is 1.30. The summed E-state index contributed by atoms with van der Waals surface area (Å²) in [5, 5.41) is 9.79. The molecular weight excluding hydrogens is 254 g/mol. The fraction of sp³-hybridized carbons (Fsp3) is 0.385. The number of amides is 2. The molecule has 0 atom stereocenters. The Balaban J connectivity index is 2.10. The summed E-state index contributed by atoms with van der Waals surface area (Å²) in [7, 11) is 0. The van der Waals surface area contributed by atoms with E-state index in [-0.39, 0.29) is 24.0 Å². The van der Waals surface area contributed by atoms with Gasteiger partial charge in [0.2, 0.25) is 0 Å². The molecule has 2 amide bonds. The summed E-state index contributed by atoms with van der Waals surface area (Å²) >= 11 is 5.99. The molecule has 1 heterocycles. The standard InChI is InChI=1S/C13H12ClNO3/c14-9-4-1-3-8-10(9)12(18)15(11(8)17)13(7-16)5-2-6-13/h1,3-4,16H,2,5-7H2. The summed E-state index contributed by atoms with van der Waals surface area (Å²) in [6, 6.07) is 4.86. The molecule has 0 saturated heterocycles. The molecule has 3 rings (SSSR count). The van der Waals surface area contributed by atoms with E-state index < -0.39 is 5.54 Å². The molecule has 2 aliphatic rings. The van der Waals surface area contributed by atoms with Crippen LogP contribution >= 0.6 is 11.6 Å². The number of carbonyl (C=O) groups excluding carboxylic acids is 2. The summed E-state index contributed by atoms with van der Waals surface area (Å²) in [6.07, 6.45) is 2.24. The highest BCUT2D eigenvalue weighted by atomic mass is 35.5. The van der Waals surface area contributed by atoms with Crippen molar-refractivity contribution in [3.63, 3.8) is 0 Å². The highest BCUT2D eigenvalue weighted by Crippen LogP contribution is 2.42. The molecule has 1 N–H and O–H groups in total. The second-order valence-corrected chi connectivity index (χ2v) is 5.25. The lowest BCUT2D eigenvalue weighted by Crippen LogP contribution is -2.58. The van der Waals surface area contributed by atoms with E-state index in [2.05, 4.69) is 0 Å². The molecule has 1 aliphatic carbocycles. The molecule has 1 saturated carbocycles. The number of fused-ring (bicyclic) bond motifs is 1. The van der Waals surface area contributed by atoms with E-state index in [9.17, 15) is 14.7 Å². The molecule has 0 aromatic heterocycles. The lowest BCUT2D eigenvalue weighted by Gasteiger charge is -2.46. The summed E-state index contributed by atoms with van der Waals surface area (Å²) in [4.78, 5) is 25.8. The SMILES string of the molecule is O=C1c2cccc(Cl)c2C(=O)N1C1(CO)CCC1. The van der Waals surface area contributed by atoms with Crippen molar-refractivity contribution in [2.24, 2.45) is 0 Å². The number of nitrogens with zero attached hydrogens (tertiary/aromatic N) is 1. The van der Waals surface area contributed by atoms with Crippen molar-refractivity contribution in [3.8, 4) is 0 Å².